The summed E-state index contributed by atoms with van der Waals surface area (Å²) in [6.45, 7) is 0. The van der Waals surface area contributed by atoms with Gasteiger partial charge >= 0.3 is 5.97 Å². The van der Waals surface area contributed by atoms with Gasteiger partial charge in [0.25, 0.3) is 0 Å². The molecule has 4 rings (SSSR count). The molecular weight excluding hydrogens is 318 g/mol. The summed E-state index contributed by atoms with van der Waals surface area (Å²) < 4.78 is 5.66. The number of furan rings is 1. The van der Waals surface area contributed by atoms with E-state index in [0.717, 1.165) is 42.2 Å². The minimum absolute atomic E-state index is 0.0121. The number of nitrogens with one attached hydrogen (secondary N) is 1. The number of amides is 1. The molecule has 2 aromatic rings. The largest absolute Gasteiger partial charge is 0.481 e. The molecule has 0 radical (unpaired) electrons. The van der Waals surface area contributed by atoms with Crippen molar-refractivity contribution in [1.82, 2.24) is 5.32 Å². The molecule has 1 heterocycles. The maximum Gasteiger partial charge on any atom is 0.306 e. The first-order valence-corrected chi connectivity index (χ1v) is 9.14. The minimum atomic E-state index is -0.720. The van der Waals surface area contributed by atoms with E-state index >= 15 is 0 Å². The average Bonchev–Trinajstić information content (AvgIpc) is 3.20. The first kappa shape index (κ1) is 16.2. The molecule has 0 atom stereocenters. The highest BCUT2D eigenvalue weighted by Gasteiger charge is 2.27. The average molecular weight is 341 g/mol. The zero-order valence-electron chi connectivity index (χ0n) is 14.2. The van der Waals surface area contributed by atoms with Crippen LogP contribution >= 0.6 is 0 Å². The molecule has 0 unspecified atom stereocenters. The molecule has 1 aromatic heterocycles. The second-order valence-corrected chi connectivity index (χ2v) is 7.36. The molecule has 2 aliphatic rings. The Hall–Kier alpha value is -2.30. The maximum absolute atomic E-state index is 12.4. The number of hydrogen-bond acceptors (Lipinski definition) is 3. The third-order valence-corrected chi connectivity index (χ3v) is 5.66. The molecule has 5 heteroatoms. The van der Waals surface area contributed by atoms with Crippen molar-refractivity contribution < 1.29 is 19.1 Å². The first-order valence-electron chi connectivity index (χ1n) is 9.14. The van der Waals surface area contributed by atoms with Gasteiger partial charge in [-0.25, -0.2) is 0 Å². The van der Waals surface area contributed by atoms with E-state index in [1.807, 2.05) is 0 Å². The van der Waals surface area contributed by atoms with Crippen molar-refractivity contribution >= 4 is 22.8 Å². The Bertz CT molecular complexity index is 814. The van der Waals surface area contributed by atoms with E-state index < -0.39 is 5.97 Å². The summed E-state index contributed by atoms with van der Waals surface area (Å²) in [7, 11) is 0. The van der Waals surface area contributed by atoms with E-state index in [2.05, 4.69) is 17.4 Å². The fourth-order valence-electron chi connectivity index (χ4n) is 4.22. The molecule has 132 valence electrons. The van der Waals surface area contributed by atoms with Gasteiger partial charge in [-0.2, -0.15) is 0 Å². The molecule has 0 aliphatic heterocycles. The van der Waals surface area contributed by atoms with Crippen LogP contribution in [0.15, 0.2) is 22.8 Å². The zero-order valence-corrected chi connectivity index (χ0v) is 14.2. The van der Waals surface area contributed by atoms with Crippen LogP contribution in [0.5, 0.6) is 0 Å². The van der Waals surface area contributed by atoms with Gasteiger partial charge in [0.1, 0.15) is 5.58 Å². The summed E-state index contributed by atoms with van der Waals surface area (Å²) in [6, 6.07) is 4.39. The molecule has 0 spiro atoms. The first-order chi connectivity index (χ1) is 12.1. The molecule has 0 saturated heterocycles. The fraction of sp³-hybridized carbons (Fsp3) is 0.500. The Kier molecular flexibility index (Phi) is 4.24. The van der Waals surface area contributed by atoms with E-state index in [4.69, 9.17) is 9.52 Å². The number of hydrogen-bond donors (Lipinski definition) is 2. The van der Waals surface area contributed by atoms with Gasteiger partial charge in [0.15, 0.2) is 0 Å². The summed E-state index contributed by atoms with van der Waals surface area (Å²) >= 11 is 0. The second-order valence-electron chi connectivity index (χ2n) is 7.36. The Morgan fingerprint density at radius 1 is 1.12 bits per heavy atom. The van der Waals surface area contributed by atoms with Crippen LogP contribution in [0.2, 0.25) is 0 Å². The number of aryl methyl sites for hydroxylation is 2. The number of rotatable bonds is 4. The molecule has 25 heavy (non-hydrogen) atoms. The molecule has 2 N–H and O–H groups in total. The van der Waals surface area contributed by atoms with Crippen molar-refractivity contribution in [3.8, 4) is 0 Å². The Morgan fingerprint density at radius 2 is 1.84 bits per heavy atom. The Balaban J connectivity index is 1.40. The lowest BCUT2D eigenvalue weighted by Crippen LogP contribution is -2.39. The van der Waals surface area contributed by atoms with Crippen LogP contribution in [0.25, 0.3) is 11.0 Å². The lowest BCUT2D eigenvalue weighted by Gasteiger charge is -2.26. The topological polar surface area (TPSA) is 79.5 Å². The minimum Gasteiger partial charge on any atom is -0.481 e. The van der Waals surface area contributed by atoms with Crippen molar-refractivity contribution in [2.24, 2.45) is 5.92 Å². The van der Waals surface area contributed by atoms with Crippen molar-refractivity contribution in [2.45, 2.75) is 57.4 Å². The molecule has 2 aliphatic carbocycles. The van der Waals surface area contributed by atoms with Crippen molar-refractivity contribution in [2.75, 3.05) is 0 Å². The van der Waals surface area contributed by atoms with Gasteiger partial charge in [-0.05, 0) is 68.2 Å². The number of carbonyl (C=O) groups is 2. The maximum atomic E-state index is 12.4. The molecule has 1 fully saturated rings. The summed E-state index contributed by atoms with van der Waals surface area (Å²) in [5.41, 5.74) is 4.54. The SMILES string of the molecule is O=C(Cc1coc2cc3c(cc12)CCC3)NC1CCC(C(=O)O)CC1. The smallest absolute Gasteiger partial charge is 0.306 e. The van der Waals surface area contributed by atoms with Gasteiger partial charge < -0.3 is 14.8 Å². The van der Waals surface area contributed by atoms with Crippen LogP contribution in [-0.2, 0) is 28.9 Å². The predicted molar refractivity (Wildman–Crippen MR) is 93.5 cm³/mol. The molecule has 0 bridgehead atoms. The summed E-state index contributed by atoms with van der Waals surface area (Å²) in [4.78, 5) is 23.4. The van der Waals surface area contributed by atoms with E-state index in [0.29, 0.717) is 19.3 Å². The van der Waals surface area contributed by atoms with Crippen LogP contribution in [-0.4, -0.2) is 23.0 Å². The summed E-state index contributed by atoms with van der Waals surface area (Å²) in [6.07, 6.45) is 8.17. The lowest BCUT2D eigenvalue weighted by molar-refractivity contribution is -0.142. The standard InChI is InChI=1S/C20H23NO4/c22-19(21-16-6-4-12(5-7-16)20(23)24)10-15-11-25-18-9-14-3-1-2-13(14)8-17(15)18/h8-9,11-12,16H,1-7,10H2,(H,21,22)(H,23,24). The highest BCUT2D eigenvalue weighted by Crippen LogP contribution is 2.30. The van der Waals surface area contributed by atoms with E-state index in [9.17, 15) is 9.59 Å². The molecule has 5 nitrogen and oxygen atoms in total. The van der Waals surface area contributed by atoms with E-state index in [1.165, 1.54) is 17.5 Å². The van der Waals surface area contributed by atoms with Crippen LogP contribution < -0.4 is 5.32 Å². The van der Waals surface area contributed by atoms with Crippen LogP contribution in [0.1, 0.15) is 48.8 Å². The Morgan fingerprint density at radius 3 is 2.56 bits per heavy atom. The highest BCUT2D eigenvalue weighted by atomic mass is 16.4. The number of fused-ring (bicyclic) bond motifs is 2. The number of carbonyl (C=O) groups excluding carboxylic acids is 1. The zero-order chi connectivity index (χ0) is 17.4. The normalized spacial score (nSPS) is 22.7. The molecule has 1 amide bonds. The summed E-state index contributed by atoms with van der Waals surface area (Å²) in [5.74, 6) is -0.989. The summed E-state index contributed by atoms with van der Waals surface area (Å²) in [5, 5.41) is 13.2. The van der Waals surface area contributed by atoms with Crippen LogP contribution in [0.4, 0.5) is 0 Å². The van der Waals surface area contributed by atoms with Gasteiger partial charge in [-0.3, -0.25) is 9.59 Å². The van der Waals surface area contributed by atoms with E-state index in [1.54, 1.807) is 6.26 Å². The molecular formula is C20H23NO4. The van der Waals surface area contributed by atoms with Gasteiger partial charge in [0.05, 0.1) is 18.6 Å². The number of carboxylic acid groups (broad SMARTS) is 1. The van der Waals surface area contributed by atoms with Crippen molar-refractivity contribution in [1.29, 1.82) is 0 Å². The number of benzene rings is 1. The van der Waals surface area contributed by atoms with E-state index in [-0.39, 0.29) is 17.9 Å². The molecule has 1 saturated carbocycles. The van der Waals surface area contributed by atoms with Crippen LogP contribution in [0, 0.1) is 5.92 Å². The third-order valence-electron chi connectivity index (χ3n) is 5.66. The monoisotopic (exact) mass is 341 g/mol. The van der Waals surface area contributed by atoms with Crippen molar-refractivity contribution in [3.05, 3.63) is 35.1 Å². The van der Waals surface area contributed by atoms with Gasteiger partial charge in [-0.1, -0.05) is 0 Å². The quantitative estimate of drug-likeness (QED) is 0.895. The van der Waals surface area contributed by atoms with Crippen molar-refractivity contribution in [3.63, 3.8) is 0 Å². The number of aliphatic carboxylic acids is 1. The Labute approximate surface area is 146 Å². The number of carboxylic acids is 1. The van der Waals surface area contributed by atoms with Gasteiger partial charge in [-0.15, -0.1) is 0 Å². The third kappa shape index (κ3) is 3.28. The van der Waals surface area contributed by atoms with Gasteiger partial charge in [0.2, 0.25) is 5.91 Å². The van der Waals surface area contributed by atoms with Gasteiger partial charge in [0, 0.05) is 17.0 Å². The fourth-order valence-corrected chi connectivity index (χ4v) is 4.22. The highest BCUT2D eigenvalue weighted by molar-refractivity contribution is 5.88. The van der Waals surface area contributed by atoms with Crippen LogP contribution in [0.3, 0.4) is 0 Å². The second kappa shape index (κ2) is 6.54. The molecule has 1 aromatic carbocycles. The predicted octanol–water partition coefficient (Wildman–Crippen LogP) is 3.22. The lowest BCUT2D eigenvalue weighted by atomic mass is 9.86.